The third-order valence-electron chi connectivity index (χ3n) is 5.31. The van der Waals surface area contributed by atoms with Crippen LogP contribution in [0.15, 0.2) is 60.9 Å². The van der Waals surface area contributed by atoms with Gasteiger partial charge in [-0.2, -0.15) is 5.10 Å². The fraction of sp³-hybridized carbons (Fsp3) is 0.217. The van der Waals surface area contributed by atoms with Crippen LogP contribution in [-0.2, 0) is 20.9 Å². The molecule has 0 spiro atoms. The van der Waals surface area contributed by atoms with Gasteiger partial charge in [0.15, 0.2) is 6.10 Å². The summed E-state index contributed by atoms with van der Waals surface area (Å²) in [5.74, 6) is -2.02. The van der Waals surface area contributed by atoms with E-state index in [-0.39, 0.29) is 19.1 Å². The van der Waals surface area contributed by atoms with Crippen LogP contribution >= 0.6 is 0 Å². The third kappa shape index (κ3) is 5.01. The largest absolute Gasteiger partial charge is 0.479 e. The first-order valence-corrected chi connectivity index (χ1v) is 10.2. The topological polar surface area (TPSA) is 143 Å². The number of aliphatic hydroxyl groups excluding tert-OH is 1. The highest BCUT2D eigenvalue weighted by Crippen LogP contribution is 2.44. The first-order chi connectivity index (χ1) is 15.9. The molecule has 4 N–H and O–H groups in total. The quantitative estimate of drug-likeness (QED) is 0.410. The minimum Gasteiger partial charge on any atom is -0.479 e. The van der Waals surface area contributed by atoms with Crippen LogP contribution in [0.4, 0.5) is 10.5 Å². The number of carboxylic acid groups (broad SMARTS) is 1. The van der Waals surface area contributed by atoms with Gasteiger partial charge in [0.25, 0.3) is 0 Å². The summed E-state index contributed by atoms with van der Waals surface area (Å²) in [5, 5.41) is 26.6. The first kappa shape index (κ1) is 22.0. The van der Waals surface area contributed by atoms with E-state index in [1.54, 1.807) is 0 Å². The molecule has 1 aromatic heterocycles. The van der Waals surface area contributed by atoms with Gasteiger partial charge in [0.05, 0.1) is 18.4 Å². The van der Waals surface area contributed by atoms with E-state index in [4.69, 9.17) is 9.84 Å². The summed E-state index contributed by atoms with van der Waals surface area (Å²) < 4.78 is 6.74. The van der Waals surface area contributed by atoms with Crippen LogP contribution in [0.1, 0.15) is 17.0 Å². The van der Waals surface area contributed by atoms with Crippen molar-refractivity contribution in [2.75, 3.05) is 18.5 Å². The summed E-state index contributed by atoms with van der Waals surface area (Å²) >= 11 is 0. The summed E-state index contributed by atoms with van der Waals surface area (Å²) in [6.07, 6.45) is 0.470. The molecule has 0 unspecified atom stereocenters. The molecule has 10 nitrogen and oxygen atoms in total. The van der Waals surface area contributed by atoms with Gasteiger partial charge in [-0.1, -0.05) is 48.5 Å². The Morgan fingerprint density at radius 3 is 2.33 bits per heavy atom. The molecule has 170 valence electrons. The van der Waals surface area contributed by atoms with Gasteiger partial charge in [0, 0.05) is 12.1 Å². The second kappa shape index (κ2) is 9.53. The van der Waals surface area contributed by atoms with E-state index < -0.39 is 30.6 Å². The molecule has 2 amide bonds. The molecule has 1 heterocycles. The van der Waals surface area contributed by atoms with Crippen LogP contribution in [0, 0.1) is 0 Å². The number of rotatable bonds is 8. The van der Waals surface area contributed by atoms with Crippen LogP contribution in [0.25, 0.3) is 11.1 Å². The fourth-order valence-corrected chi connectivity index (χ4v) is 3.77. The van der Waals surface area contributed by atoms with Crippen molar-refractivity contribution in [3.8, 4) is 11.1 Å². The third-order valence-corrected chi connectivity index (χ3v) is 5.31. The van der Waals surface area contributed by atoms with E-state index in [1.807, 2.05) is 36.4 Å². The Morgan fingerprint density at radius 2 is 1.70 bits per heavy atom. The van der Waals surface area contributed by atoms with Crippen molar-refractivity contribution < 1.29 is 29.3 Å². The maximum Gasteiger partial charge on any atom is 0.411 e. The minimum atomic E-state index is -1.68. The van der Waals surface area contributed by atoms with Crippen LogP contribution in [-0.4, -0.2) is 57.2 Å². The molecule has 0 saturated heterocycles. The van der Waals surface area contributed by atoms with Crippen molar-refractivity contribution >= 4 is 23.7 Å². The molecule has 0 fully saturated rings. The van der Waals surface area contributed by atoms with Gasteiger partial charge in [0.2, 0.25) is 5.91 Å². The van der Waals surface area contributed by atoms with E-state index in [0.717, 1.165) is 22.3 Å². The molecule has 10 heteroatoms. The molecule has 3 aromatic rings. The summed E-state index contributed by atoms with van der Waals surface area (Å²) in [6.45, 7) is -0.457. The lowest BCUT2D eigenvalue weighted by atomic mass is 9.98. The molecule has 2 aromatic carbocycles. The van der Waals surface area contributed by atoms with Crippen molar-refractivity contribution in [2.45, 2.75) is 18.6 Å². The second-order valence-corrected chi connectivity index (χ2v) is 7.54. The van der Waals surface area contributed by atoms with E-state index in [0.29, 0.717) is 5.69 Å². The number of aliphatic hydroxyl groups is 1. The number of benzene rings is 2. The summed E-state index contributed by atoms with van der Waals surface area (Å²) in [6, 6.07) is 16.1. The highest BCUT2D eigenvalue weighted by Gasteiger charge is 2.29. The summed E-state index contributed by atoms with van der Waals surface area (Å²) in [4.78, 5) is 34.7. The Labute approximate surface area is 188 Å². The average molecular weight is 450 g/mol. The zero-order valence-corrected chi connectivity index (χ0v) is 17.5. The zero-order chi connectivity index (χ0) is 23.4. The molecule has 0 saturated carbocycles. The molecular weight excluding hydrogens is 428 g/mol. The monoisotopic (exact) mass is 450 g/mol. The summed E-state index contributed by atoms with van der Waals surface area (Å²) in [7, 11) is 0. The maximum absolute atomic E-state index is 12.3. The number of carbonyl (C=O) groups is 3. The van der Waals surface area contributed by atoms with Gasteiger partial charge in [-0.15, -0.1) is 0 Å². The first-order valence-electron chi connectivity index (χ1n) is 10.2. The highest BCUT2D eigenvalue weighted by atomic mass is 16.5. The lowest BCUT2D eigenvalue weighted by Crippen LogP contribution is -2.38. The van der Waals surface area contributed by atoms with Crippen LogP contribution in [0.5, 0.6) is 0 Å². The van der Waals surface area contributed by atoms with Gasteiger partial charge in [-0.3, -0.25) is 14.8 Å². The Hall–Kier alpha value is -4.18. The molecule has 4 rings (SSSR count). The SMILES string of the molecule is O=C(Cn1cc(NC(=O)OCC2c3ccccc3-c3ccccc32)cn1)NC[C@H](O)C(=O)O. The number of carbonyl (C=O) groups excluding carboxylic acids is 2. The molecule has 33 heavy (non-hydrogen) atoms. The number of aliphatic carboxylic acids is 1. The lowest BCUT2D eigenvalue weighted by molar-refractivity contribution is -0.146. The van der Waals surface area contributed by atoms with Crippen LogP contribution in [0.2, 0.25) is 0 Å². The van der Waals surface area contributed by atoms with Crippen molar-refractivity contribution in [2.24, 2.45) is 0 Å². The zero-order valence-electron chi connectivity index (χ0n) is 17.5. The van der Waals surface area contributed by atoms with Gasteiger partial charge in [0.1, 0.15) is 13.2 Å². The molecule has 1 aliphatic rings. The van der Waals surface area contributed by atoms with Gasteiger partial charge in [-0.05, 0) is 22.3 Å². The van der Waals surface area contributed by atoms with E-state index in [1.165, 1.54) is 17.1 Å². The van der Waals surface area contributed by atoms with Crippen molar-refractivity contribution in [1.29, 1.82) is 0 Å². The normalized spacial score (nSPS) is 13.0. The Balaban J connectivity index is 1.30. The summed E-state index contributed by atoms with van der Waals surface area (Å²) in [5.41, 5.74) is 4.83. The van der Waals surface area contributed by atoms with Crippen molar-refractivity contribution in [3.05, 3.63) is 72.1 Å². The Bertz CT molecular complexity index is 1150. The van der Waals surface area contributed by atoms with Crippen molar-refractivity contribution in [1.82, 2.24) is 15.1 Å². The number of hydrogen-bond acceptors (Lipinski definition) is 6. The number of aromatic nitrogens is 2. The number of hydrogen-bond donors (Lipinski definition) is 4. The van der Waals surface area contributed by atoms with E-state index in [9.17, 15) is 19.5 Å². The van der Waals surface area contributed by atoms with Gasteiger partial charge in [-0.25, -0.2) is 9.59 Å². The van der Waals surface area contributed by atoms with E-state index in [2.05, 4.69) is 27.9 Å². The maximum atomic E-state index is 12.3. The predicted octanol–water partition coefficient (Wildman–Crippen LogP) is 1.81. The molecule has 0 radical (unpaired) electrons. The highest BCUT2D eigenvalue weighted by molar-refractivity contribution is 5.85. The number of amides is 2. The van der Waals surface area contributed by atoms with Crippen LogP contribution in [0.3, 0.4) is 0 Å². The fourth-order valence-electron chi connectivity index (χ4n) is 3.77. The van der Waals surface area contributed by atoms with E-state index >= 15 is 0 Å². The molecule has 0 bridgehead atoms. The van der Waals surface area contributed by atoms with Crippen molar-refractivity contribution in [3.63, 3.8) is 0 Å². The number of anilines is 1. The Morgan fingerprint density at radius 1 is 1.06 bits per heavy atom. The smallest absolute Gasteiger partial charge is 0.411 e. The molecule has 0 aliphatic heterocycles. The number of fused-ring (bicyclic) bond motifs is 3. The second-order valence-electron chi connectivity index (χ2n) is 7.54. The number of nitrogens with zero attached hydrogens (tertiary/aromatic N) is 2. The number of nitrogens with one attached hydrogen (secondary N) is 2. The molecule has 1 atom stereocenters. The number of carboxylic acids is 1. The standard InChI is InChI=1S/C23H22N4O6/c28-20(22(30)31)10-24-21(29)12-27-11-14(9-25-27)26-23(32)33-13-19-17-7-3-1-5-15(17)16-6-2-4-8-18(16)19/h1-9,11,19-20,28H,10,12-13H2,(H,24,29)(H,26,32)(H,30,31)/t20-/m0/s1. The van der Waals surface area contributed by atoms with Gasteiger partial charge >= 0.3 is 12.1 Å². The molecular formula is C23H22N4O6. The number of ether oxygens (including phenoxy) is 1. The lowest BCUT2D eigenvalue weighted by Gasteiger charge is -2.14. The molecule has 1 aliphatic carbocycles. The van der Waals surface area contributed by atoms with Crippen LogP contribution < -0.4 is 10.6 Å². The predicted molar refractivity (Wildman–Crippen MR) is 118 cm³/mol. The Kier molecular flexibility index (Phi) is 6.36. The minimum absolute atomic E-state index is 0.0595. The average Bonchev–Trinajstić information content (AvgIpc) is 3.37. The van der Waals surface area contributed by atoms with Gasteiger partial charge < -0.3 is 20.3 Å².